The summed E-state index contributed by atoms with van der Waals surface area (Å²) in [5.74, 6) is -0.123. The van der Waals surface area contributed by atoms with E-state index in [9.17, 15) is 9.18 Å². The average molecular weight is 489 g/mol. The van der Waals surface area contributed by atoms with E-state index < -0.39 is 0 Å². The monoisotopic (exact) mass is 488 g/mol. The Morgan fingerprint density at radius 3 is 2.65 bits per heavy atom. The van der Waals surface area contributed by atoms with Crippen molar-refractivity contribution in [1.82, 2.24) is 25.1 Å². The first-order valence-electron chi connectivity index (χ1n) is 12.1. The number of hydrogen-bond acceptors (Lipinski definition) is 4. The quantitative estimate of drug-likeness (QED) is 0.264. The van der Waals surface area contributed by atoms with Gasteiger partial charge < -0.3 is 10.3 Å². The second-order valence-electron chi connectivity index (χ2n) is 9.37. The molecule has 7 rings (SSSR count). The summed E-state index contributed by atoms with van der Waals surface area (Å²) in [7, 11) is 0. The maximum Gasteiger partial charge on any atom is 0.227 e. The van der Waals surface area contributed by atoms with Crippen molar-refractivity contribution in [2.75, 3.05) is 5.32 Å². The van der Waals surface area contributed by atoms with Crippen LogP contribution >= 0.6 is 0 Å². The molecule has 7 nitrogen and oxygen atoms in total. The van der Waals surface area contributed by atoms with Crippen molar-refractivity contribution in [3.63, 3.8) is 0 Å². The number of rotatable bonds is 5. The molecule has 3 N–H and O–H groups in total. The van der Waals surface area contributed by atoms with Gasteiger partial charge in [-0.05, 0) is 60.9 Å². The normalized spacial score (nSPS) is 13.3. The number of H-pyrrole nitrogens is 2. The number of halogens is 1. The largest absolute Gasteiger partial charge is 0.353 e. The van der Waals surface area contributed by atoms with E-state index in [0.29, 0.717) is 16.9 Å². The lowest BCUT2D eigenvalue weighted by molar-refractivity contribution is -0.117. The van der Waals surface area contributed by atoms with E-state index in [2.05, 4.69) is 36.5 Å². The molecule has 180 valence electrons. The molecule has 1 aliphatic rings. The van der Waals surface area contributed by atoms with Crippen molar-refractivity contribution >= 4 is 33.4 Å². The number of carbonyl (C=O) groups excluding carboxylic acids is 1. The summed E-state index contributed by atoms with van der Waals surface area (Å²) < 4.78 is 13.9. The highest BCUT2D eigenvalue weighted by Crippen LogP contribution is 2.35. The van der Waals surface area contributed by atoms with E-state index in [4.69, 9.17) is 0 Å². The van der Waals surface area contributed by atoms with Gasteiger partial charge in [0.2, 0.25) is 5.91 Å². The zero-order valence-corrected chi connectivity index (χ0v) is 19.6. The molecule has 1 aliphatic carbocycles. The van der Waals surface area contributed by atoms with Crippen LogP contribution in [-0.4, -0.2) is 31.1 Å². The molecule has 2 aromatic carbocycles. The Morgan fingerprint density at radius 2 is 1.78 bits per heavy atom. The van der Waals surface area contributed by atoms with Crippen LogP contribution in [0.25, 0.3) is 55.6 Å². The van der Waals surface area contributed by atoms with Crippen LogP contribution in [0.4, 0.5) is 10.1 Å². The fourth-order valence-corrected chi connectivity index (χ4v) is 4.70. The number of aromatic nitrogens is 5. The zero-order valence-electron chi connectivity index (χ0n) is 19.6. The lowest BCUT2D eigenvalue weighted by Gasteiger charge is -2.07. The predicted molar refractivity (Wildman–Crippen MR) is 141 cm³/mol. The van der Waals surface area contributed by atoms with Crippen LogP contribution in [0.15, 0.2) is 79.3 Å². The van der Waals surface area contributed by atoms with Gasteiger partial charge in [0.15, 0.2) is 0 Å². The maximum absolute atomic E-state index is 13.9. The lowest BCUT2D eigenvalue weighted by Crippen LogP contribution is -2.13. The summed E-state index contributed by atoms with van der Waals surface area (Å²) in [5.41, 5.74) is 7.35. The molecular formula is C29H21FN6O. The molecule has 0 radical (unpaired) electrons. The number of nitrogens with one attached hydrogen (secondary N) is 3. The van der Waals surface area contributed by atoms with Crippen molar-refractivity contribution in [3.8, 4) is 33.8 Å². The highest BCUT2D eigenvalue weighted by atomic mass is 19.1. The summed E-state index contributed by atoms with van der Waals surface area (Å²) >= 11 is 0. The molecule has 8 heteroatoms. The second-order valence-corrected chi connectivity index (χ2v) is 9.37. The van der Waals surface area contributed by atoms with Crippen molar-refractivity contribution in [1.29, 1.82) is 0 Å². The van der Waals surface area contributed by atoms with Gasteiger partial charge in [-0.25, -0.2) is 4.39 Å². The summed E-state index contributed by atoms with van der Waals surface area (Å²) in [6, 6.07) is 18.3. The number of benzene rings is 2. The smallest absolute Gasteiger partial charge is 0.227 e. The van der Waals surface area contributed by atoms with Gasteiger partial charge in [-0.3, -0.25) is 19.9 Å². The minimum atomic E-state index is -0.302. The van der Waals surface area contributed by atoms with Gasteiger partial charge in [0.1, 0.15) is 11.5 Å². The molecule has 0 atom stereocenters. The number of carbonyl (C=O) groups is 1. The Kier molecular flexibility index (Phi) is 4.85. The van der Waals surface area contributed by atoms with Crippen LogP contribution in [0.1, 0.15) is 12.8 Å². The molecule has 4 aromatic heterocycles. The van der Waals surface area contributed by atoms with Crippen molar-refractivity contribution in [3.05, 3.63) is 85.1 Å². The molecule has 0 bridgehead atoms. The number of pyridine rings is 2. The van der Waals surface area contributed by atoms with Gasteiger partial charge in [0, 0.05) is 45.7 Å². The summed E-state index contributed by atoms with van der Waals surface area (Å²) in [4.78, 5) is 24.5. The number of fused-ring (bicyclic) bond motifs is 2. The minimum Gasteiger partial charge on any atom is -0.353 e. The van der Waals surface area contributed by atoms with E-state index >= 15 is 0 Å². The molecule has 37 heavy (non-hydrogen) atoms. The second kappa shape index (κ2) is 8.37. The number of anilines is 1. The molecule has 1 fully saturated rings. The van der Waals surface area contributed by atoms with E-state index in [1.165, 1.54) is 12.1 Å². The number of amides is 1. The van der Waals surface area contributed by atoms with Crippen molar-refractivity contribution < 1.29 is 9.18 Å². The summed E-state index contributed by atoms with van der Waals surface area (Å²) in [6.07, 6.45) is 7.07. The van der Waals surface area contributed by atoms with Gasteiger partial charge in [-0.15, -0.1) is 0 Å². The SMILES string of the molecule is O=C(Nc1cncc(-c2ccc3[nH]nc(-c4cc5c(-c6cccc(F)c6)nccc5[nH]4)c3c2)c1)C1CC1. The molecule has 0 aliphatic heterocycles. The summed E-state index contributed by atoms with van der Waals surface area (Å²) in [5, 5.41) is 12.5. The summed E-state index contributed by atoms with van der Waals surface area (Å²) in [6.45, 7) is 0. The highest BCUT2D eigenvalue weighted by molar-refractivity contribution is 6.01. The fraction of sp³-hybridized carbons (Fsp3) is 0.103. The van der Waals surface area contributed by atoms with Gasteiger partial charge >= 0.3 is 0 Å². The molecule has 1 saturated carbocycles. The maximum atomic E-state index is 13.9. The van der Waals surface area contributed by atoms with Crippen LogP contribution in [-0.2, 0) is 4.79 Å². The van der Waals surface area contributed by atoms with Gasteiger partial charge in [0.05, 0.1) is 28.8 Å². The van der Waals surface area contributed by atoms with Crippen LogP contribution in [0.2, 0.25) is 0 Å². The van der Waals surface area contributed by atoms with Gasteiger partial charge in [0.25, 0.3) is 0 Å². The number of nitrogens with zero attached hydrogens (tertiary/aromatic N) is 3. The van der Waals surface area contributed by atoms with E-state index in [1.807, 2.05) is 36.4 Å². The third-order valence-electron chi connectivity index (χ3n) is 6.75. The number of aromatic amines is 2. The highest BCUT2D eigenvalue weighted by Gasteiger charge is 2.29. The van der Waals surface area contributed by atoms with Crippen LogP contribution in [0, 0.1) is 11.7 Å². The fourth-order valence-electron chi connectivity index (χ4n) is 4.70. The molecule has 0 spiro atoms. The van der Waals surface area contributed by atoms with E-state index in [1.54, 1.807) is 24.7 Å². The Hall–Kier alpha value is -4.85. The van der Waals surface area contributed by atoms with E-state index in [0.717, 1.165) is 57.2 Å². The Morgan fingerprint density at radius 1 is 0.892 bits per heavy atom. The zero-order chi connectivity index (χ0) is 24.9. The van der Waals surface area contributed by atoms with Crippen molar-refractivity contribution in [2.45, 2.75) is 12.8 Å². The molecule has 4 heterocycles. The minimum absolute atomic E-state index is 0.0532. The average Bonchev–Trinajstić information content (AvgIpc) is 3.55. The van der Waals surface area contributed by atoms with E-state index in [-0.39, 0.29) is 17.6 Å². The molecule has 0 saturated heterocycles. The van der Waals surface area contributed by atoms with Crippen LogP contribution < -0.4 is 5.32 Å². The van der Waals surface area contributed by atoms with Crippen LogP contribution in [0.5, 0.6) is 0 Å². The third-order valence-corrected chi connectivity index (χ3v) is 6.75. The Balaban J connectivity index is 1.28. The first kappa shape index (κ1) is 21.4. The number of hydrogen-bond donors (Lipinski definition) is 3. The molecule has 1 amide bonds. The lowest BCUT2D eigenvalue weighted by atomic mass is 10.0. The third kappa shape index (κ3) is 3.92. The standard InChI is InChI=1S/C29H21FN6O/c30-20-3-1-2-18(10-20)27-23-13-26(34-24(23)8-9-32-27)28-22-12-17(6-7-25(22)35-36-28)19-11-21(15-31-14-19)33-29(37)16-4-5-16/h1-3,6-16,34H,4-5H2,(H,33,37)(H,35,36). The predicted octanol–water partition coefficient (Wildman–Crippen LogP) is 6.32. The Bertz CT molecular complexity index is 1820. The van der Waals surface area contributed by atoms with Crippen molar-refractivity contribution in [2.24, 2.45) is 5.92 Å². The topological polar surface area (TPSA) is 99.3 Å². The molecular weight excluding hydrogens is 467 g/mol. The Labute approximate surface area is 210 Å². The van der Waals surface area contributed by atoms with Gasteiger partial charge in [-0.1, -0.05) is 18.2 Å². The molecule has 6 aromatic rings. The first-order valence-corrected chi connectivity index (χ1v) is 12.1. The van der Waals surface area contributed by atoms with Crippen LogP contribution in [0.3, 0.4) is 0 Å². The molecule has 0 unspecified atom stereocenters. The van der Waals surface area contributed by atoms with Gasteiger partial charge in [-0.2, -0.15) is 5.10 Å². The first-order chi connectivity index (χ1) is 18.1.